The molecule has 0 saturated carbocycles. The number of hydrazine groups is 1. The van der Waals surface area contributed by atoms with Gasteiger partial charge in [-0.25, -0.2) is 5.43 Å². The Hall–Kier alpha value is -3.67. The van der Waals surface area contributed by atoms with Crippen molar-refractivity contribution in [1.82, 2.24) is 10.9 Å². The van der Waals surface area contributed by atoms with Crippen molar-refractivity contribution in [3.05, 3.63) is 132 Å². The number of hydrogen-bond donors (Lipinski definition) is 3. The van der Waals surface area contributed by atoms with Gasteiger partial charge in [0.15, 0.2) is 5.60 Å². The monoisotopic (exact) mass is 398 g/mol. The second kappa shape index (κ2) is 8.78. The van der Waals surface area contributed by atoms with Gasteiger partial charge in [0, 0.05) is 0 Å². The molecule has 3 N–H and O–H groups in total. The predicted octanol–water partition coefficient (Wildman–Crippen LogP) is 3.93. The lowest BCUT2D eigenvalue weighted by molar-refractivity contribution is -0.138. The van der Waals surface area contributed by atoms with Gasteiger partial charge in [-0.2, -0.15) is 0 Å². The van der Waals surface area contributed by atoms with Gasteiger partial charge < -0.3 is 9.52 Å². The molecular weight excluding hydrogens is 376 g/mol. The second-order valence-electron chi connectivity index (χ2n) is 6.90. The van der Waals surface area contributed by atoms with Gasteiger partial charge in [-0.05, 0) is 28.8 Å². The Morgan fingerprint density at radius 2 is 1.30 bits per heavy atom. The van der Waals surface area contributed by atoms with Crippen molar-refractivity contribution in [3.8, 4) is 0 Å². The van der Waals surface area contributed by atoms with Crippen LogP contribution in [-0.4, -0.2) is 11.0 Å². The third-order valence-electron chi connectivity index (χ3n) is 5.00. The summed E-state index contributed by atoms with van der Waals surface area (Å²) < 4.78 is 5.56. The van der Waals surface area contributed by atoms with E-state index < -0.39 is 17.6 Å². The first kappa shape index (κ1) is 19.6. The fraction of sp³-hybridized carbons (Fsp3) is 0.0800. The normalized spacial score (nSPS) is 12.3. The number of benzene rings is 3. The summed E-state index contributed by atoms with van der Waals surface area (Å²) in [5.41, 5.74) is 5.74. The first-order valence-electron chi connectivity index (χ1n) is 9.67. The maximum absolute atomic E-state index is 13.3. The van der Waals surface area contributed by atoms with Crippen molar-refractivity contribution in [3.63, 3.8) is 0 Å². The molecule has 1 amide bonds. The lowest BCUT2D eigenvalue weighted by atomic mass is 9.85. The summed E-state index contributed by atoms with van der Waals surface area (Å²) in [5.74, 6) is 0.0526. The molecule has 3 aromatic carbocycles. The van der Waals surface area contributed by atoms with Crippen LogP contribution in [0.3, 0.4) is 0 Å². The molecule has 0 saturated heterocycles. The Kier molecular flexibility index (Phi) is 5.75. The molecule has 1 heterocycles. The van der Waals surface area contributed by atoms with Crippen molar-refractivity contribution in [2.24, 2.45) is 0 Å². The minimum atomic E-state index is -1.86. The number of furan rings is 1. The zero-order chi connectivity index (χ0) is 20.8. The first-order valence-corrected chi connectivity index (χ1v) is 9.67. The number of carbonyl (C=O) groups excluding carboxylic acids is 1. The van der Waals surface area contributed by atoms with Crippen LogP contribution in [0.5, 0.6) is 0 Å². The first-order chi connectivity index (χ1) is 14.7. The van der Waals surface area contributed by atoms with Gasteiger partial charge in [0.25, 0.3) is 5.91 Å². The Morgan fingerprint density at radius 1 is 0.767 bits per heavy atom. The number of hydrogen-bond acceptors (Lipinski definition) is 4. The summed E-state index contributed by atoms with van der Waals surface area (Å²) in [6.07, 6.45) is 1.58. The molecular formula is C25H22N2O3. The average Bonchev–Trinajstić information content (AvgIpc) is 3.35. The van der Waals surface area contributed by atoms with Gasteiger partial charge in [0.2, 0.25) is 0 Å². The van der Waals surface area contributed by atoms with Gasteiger partial charge in [0.05, 0.1) is 6.26 Å². The van der Waals surface area contributed by atoms with E-state index in [9.17, 15) is 9.90 Å². The molecule has 4 rings (SSSR count). The summed E-state index contributed by atoms with van der Waals surface area (Å²) >= 11 is 0. The average molecular weight is 398 g/mol. The van der Waals surface area contributed by atoms with E-state index in [4.69, 9.17) is 4.42 Å². The number of aliphatic hydroxyl groups is 1. The van der Waals surface area contributed by atoms with Crippen LogP contribution in [0, 0.1) is 0 Å². The maximum atomic E-state index is 13.3. The van der Waals surface area contributed by atoms with Crippen LogP contribution >= 0.6 is 0 Å². The molecule has 0 aliphatic rings. The SMILES string of the molecule is O=C(NN[C@H](c1ccccc1)c1ccco1)C(O)(c1ccccc1)c1ccccc1. The van der Waals surface area contributed by atoms with E-state index in [0.717, 1.165) is 5.56 Å². The Labute approximate surface area is 175 Å². The molecule has 4 aromatic rings. The highest BCUT2D eigenvalue weighted by Gasteiger charge is 2.40. The molecule has 1 atom stereocenters. The molecule has 5 nitrogen and oxygen atoms in total. The minimum Gasteiger partial charge on any atom is -0.467 e. The van der Waals surface area contributed by atoms with Gasteiger partial charge in [-0.1, -0.05) is 91.0 Å². The highest BCUT2D eigenvalue weighted by molar-refractivity contribution is 5.89. The van der Waals surface area contributed by atoms with Gasteiger partial charge >= 0.3 is 0 Å². The summed E-state index contributed by atoms with van der Waals surface area (Å²) in [5, 5.41) is 11.6. The molecule has 150 valence electrons. The highest BCUT2D eigenvalue weighted by Crippen LogP contribution is 2.30. The Bertz CT molecular complexity index is 1030. The number of rotatable bonds is 7. The summed E-state index contributed by atoms with van der Waals surface area (Å²) in [7, 11) is 0. The topological polar surface area (TPSA) is 74.5 Å². The Morgan fingerprint density at radius 3 is 1.80 bits per heavy atom. The van der Waals surface area contributed by atoms with Crippen LogP contribution in [-0.2, 0) is 10.4 Å². The quantitative estimate of drug-likeness (QED) is 0.413. The lowest BCUT2D eigenvalue weighted by Gasteiger charge is -2.29. The van der Waals surface area contributed by atoms with Crippen molar-refractivity contribution < 1.29 is 14.3 Å². The van der Waals surface area contributed by atoms with Gasteiger partial charge in [-0.3, -0.25) is 10.2 Å². The molecule has 0 fully saturated rings. The minimum absolute atomic E-state index is 0.416. The largest absolute Gasteiger partial charge is 0.467 e. The lowest BCUT2D eigenvalue weighted by Crippen LogP contribution is -2.51. The second-order valence-corrected chi connectivity index (χ2v) is 6.90. The fourth-order valence-electron chi connectivity index (χ4n) is 3.44. The van der Waals surface area contributed by atoms with E-state index in [1.54, 1.807) is 60.9 Å². The van der Waals surface area contributed by atoms with Crippen molar-refractivity contribution >= 4 is 5.91 Å². The van der Waals surface area contributed by atoms with Crippen LogP contribution in [0.15, 0.2) is 114 Å². The molecule has 0 aliphatic carbocycles. The van der Waals surface area contributed by atoms with Crippen LogP contribution in [0.1, 0.15) is 28.5 Å². The molecule has 0 unspecified atom stereocenters. The molecule has 0 aliphatic heterocycles. The van der Waals surface area contributed by atoms with Crippen LogP contribution in [0.4, 0.5) is 0 Å². The third-order valence-corrected chi connectivity index (χ3v) is 5.00. The van der Waals surface area contributed by atoms with Gasteiger partial charge in [-0.15, -0.1) is 0 Å². The number of carbonyl (C=O) groups is 1. The third kappa shape index (κ3) is 3.89. The number of nitrogens with one attached hydrogen (secondary N) is 2. The Balaban J connectivity index is 1.64. The maximum Gasteiger partial charge on any atom is 0.275 e. The number of amides is 1. The zero-order valence-corrected chi connectivity index (χ0v) is 16.2. The predicted molar refractivity (Wildman–Crippen MR) is 114 cm³/mol. The smallest absolute Gasteiger partial charge is 0.275 e. The van der Waals surface area contributed by atoms with Crippen LogP contribution in [0.25, 0.3) is 0 Å². The van der Waals surface area contributed by atoms with Crippen molar-refractivity contribution in [1.29, 1.82) is 0 Å². The van der Waals surface area contributed by atoms with Crippen molar-refractivity contribution in [2.45, 2.75) is 11.6 Å². The van der Waals surface area contributed by atoms with E-state index in [2.05, 4.69) is 10.9 Å². The standard InChI is InChI=1S/C25H22N2O3/c28-24(25(29,20-13-6-2-7-14-20)21-15-8-3-9-16-21)27-26-23(22-17-10-18-30-22)19-11-4-1-5-12-19/h1-18,23,26,29H,(H,27,28)/t23-/m1/s1. The molecule has 1 aromatic heterocycles. The fourth-order valence-corrected chi connectivity index (χ4v) is 3.44. The van der Waals surface area contributed by atoms with E-state index in [0.29, 0.717) is 16.9 Å². The molecule has 30 heavy (non-hydrogen) atoms. The van der Waals surface area contributed by atoms with Gasteiger partial charge in [0.1, 0.15) is 11.8 Å². The highest BCUT2D eigenvalue weighted by atomic mass is 16.3. The van der Waals surface area contributed by atoms with E-state index in [1.807, 2.05) is 48.5 Å². The molecule has 0 spiro atoms. The zero-order valence-electron chi connectivity index (χ0n) is 16.2. The van der Waals surface area contributed by atoms with Crippen LogP contribution in [0.2, 0.25) is 0 Å². The van der Waals surface area contributed by atoms with Crippen molar-refractivity contribution in [2.75, 3.05) is 0 Å². The van der Waals surface area contributed by atoms with E-state index >= 15 is 0 Å². The summed E-state index contributed by atoms with van der Waals surface area (Å²) in [4.78, 5) is 13.3. The van der Waals surface area contributed by atoms with E-state index in [-0.39, 0.29) is 0 Å². The van der Waals surface area contributed by atoms with Crippen LogP contribution < -0.4 is 10.9 Å². The summed E-state index contributed by atoms with van der Waals surface area (Å²) in [6, 6.07) is 30.6. The molecule has 5 heteroatoms. The van der Waals surface area contributed by atoms with E-state index in [1.165, 1.54) is 0 Å². The molecule has 0 radical (unpaired) electrons. The molecule has 0 bridgehead atoms. The summed E-state index contributed by atoms with van der Waals surface area (Å²) in [6.45, 7) is 0.